The van der Waals surface area contributed by atoms with E-state index >= 15 is 0 Å². The summed E-state index contributed by atoms with van der Waals surface area (Å²) < 4.78 is 5.12. The molecule has 1 aliphatic rings. The van der Waals surface area contributed by atoms with E-state index in [9.17, 15) is 4.79 Å². The molecule has 0 atom stereocenters. The van der Waals surface area contributed by atoms with Crippen LogP contribution in [0.5, 0.6) is 0 Å². The Morgan fingerprint density at radius 2 is 2.18 bits per heavy atom. The third-order valence-electron chi connectivity index (χ3n) is 2.56. The summed E-state index contributed by atoms with van der Waals surface area (Å²) in [6, 6.07) is 5.47. The van der Waals surface area contributed by atoms with Gasteiger partial charge in [-0.2, -0.15) is 0 Å². The lowest BCUT2D eigenvalue weighted by Gasteiger charge is -2.25. The normalized spacial score (nSPS) is 15.4. The van der Waals surface area contributed by atoms with Crippen molar-refractivity contribution in [2.45, 2.75) is 10.1 Å². The molecule has 0 unspecified atom stereocenters. The average Bonchev–Trinajstić information content (AvgIpc) is 2.23. The number of anilines is 1. The van der Waals surface area contributed by atoms with Gasteiger partial charge in [-0.15, -0.1) is 11.8 Å². The Hall–Kier alpha value is -1.20. The standard InChI is InChI=1S/C12H16N2O2S/c1-14(2)12(15)8-3-4-11(10(13)5-8)17-9-6-16-7-9/h3-5,9H,6-7,13H2,1-2H3. The highest BCUT2D eigenvalue weighted by atomic mass is 32.2. The van der Waals surface area contributed by atoms with Gasteiger partial charge in [-0.25, -0.2) is 0 Å². The van der Waals surface area contributed by atoms with Gasteiger partial charge in [0.15, 0.2) is 0 Å². The summed E-state index contributed by atoms with van der Waals surface area (Å²) in [5.41, 5.74) is 7.24. The van der Waals surface area contributed by atoms with Crippen molar-refractivity contribution in [2.75, 3.05) is 33.0 Å². The summed E-state index contributed by atoms with van der Waals surface area (Å²) in [6.45, 7) is 1.56. The number of benzene rings is 1. The monoisotopic (exact) mass is 252 g/mol. The van der Waals surface area contributed by atoms with Crippen molar-refractivity contribution in [3.63, 3.8) is 0 Å². The highest BCUT2D eigenvalue weighted by Gasteiger charge is 2.21. The Morgan fingerprint density at radius 3 is 2.65 bits per heavy atom. The Labute approximate surface area is 105 Å². The van der Waals surface area contributed by atoms with Crippen molar-refractivity contribution < 1.29 is 9.53 Å². The molecule has 4 nitrogen and oxygen atoms in total. The quantitative estimate of drug-likeness (QED) is 0.828. The molecule has 1 saturated heterocycles. The number of thioether (sulfide) groups is 1. The molecule has 1 amide bonds. The van der Waals surface area contributed by atoms with Gasteiger partial charge in [-0.1, -0.05) is 0 Å². The minimum absolute atomic E-state index is 0.0276. The van der Waals surface area contributed by atoms with Gasteiger partial charge >= 0.3 is 0 Å². The van der Waals surface area contributed by atoms with Crippen LogP contribution in [0.3, 0.4) is 0 Å². The number of ether oxygens (including phenoxy) is 1. The van der Waals surface area contributed by atoms with E-state index in [2.05, 4.69) is 0 Å². The lowest BCUT2D eigenvalue weighted by molar-refractivity contribution is 0.0455. The first-order valence-corrected chi connectivity index (χ1v) is 6.31. The van der Waals surface area contributed by atoms with Gasteiger partial charge in [-0.3, -0.25) is 4.79 Å². The molecule has 0 bridgehead atoms. The molecule has 1 fully saturated rings. The number of hydrogen-bond donors (Lipinski definition) is 1. The summed E-state index contributed by atoms with van der Waals surface area (Å²) in [4.78, 5) is 14.3. The number of nitrogens with two attached hydrogens (primary N) is 1. The van der Waals surface area contributed by atoms with Gasteiger partial charge in [0.25, 0.3) is 5.91 Å². The zero-order valence-corrected chi connectivity index (χ0v) is 10.8. The van der Waals surface area contributed by atoms with E-state index in [0.29, 0.717) is 16.5 Å². The summed E-state index contributed by atoms with van der Waals surface area (Å²) in [7, 11) is 3.46. The maximum absolute atomic E-state index is 11.7. The van der Waals surface area contributed by atoms with Crippen LogP contribution in [-0.4, -0.2) is 43.4 Å². The van der Waals surface area contributed by atoms with E-state index < -0.39 is 0 Å². The molecular weight excluding hydrogens is 236 g/mol. The van der Waals surface area contributed by atoms with E-state index in [0.717, 1.165) is 18.1 Å². The maximum atomic E-state index is 11.7. The molecule has 1 aliphatic heterocycles. The van der Waals surface area contributed by atoms with Crippen LogP contribution in [-0.2, 0) is 4.74 Å². The fraction of sp³-hybridized carbons (Fsp3) is 0.417. The number of rotatable bonds is 3. The fourth-order valence-corrected chi connectivity index (χ4v) is 2.54. The minimum Gasteiger partial charge on any atom is -0.398 e. The molecule has 0 aromatic heterocycles. The van der Waals surface area contributed by atoms with Crippen LogP contribution in [0.2, 0.25) is 0 Å². The second-order valence-corrected chi connectivity index (χ2v) is 5.57. The first-order valence-electron chi connectivity index (χ1n) is 5.43. The molecule has 92 valence electrons. The number of amides is 1. The summed E-state index contributed by atoms with van der Waals surface area (Å²) >= 11 is 1.71. The van der Waals surface area contributed by atoms with Gasteiger partial charge in [-0.05, 0) is 18.2 Å². The molecule has 17 heavy (non-hydrogen) atoms. The highest BCUT2D eigenvalue weighted by Crippen LogP contribution is 2.32. The Bertz CT molecular complexity index is 431. The number of nitrogen functional groups attached to an aromatic ring is 1. The van der Waals surface area contributed by atoms with Crippen LogP contribution in [0, 0.1) is 0 Å². The van der Waals surface area contributed by atoms with Crippen molar-refractivity contribution in [1.29, 1.82) is 0 Å². The SMILES string of the molecule is CN(C)C(=O)c1ccc(SC2COC2)c(N)c1. The lowest BCUT2D eigenvalue weighted by atomic mass is 10.2. The summed E-state index contributed by atoms with van der Waals surface area (Å²) in [5.74, 6) is -0.0276. The average molecular weight is 252 g/mol. The highest BCUT2D eigenvalue weighted by molar-refractivity contribution is 8.00. The Balaban J connectivity index is 2.13. The molecule has 2 rings (SSSR count). The van der Waals surface area contributed by atoms with Crippen LogP contribution < -0.4 is 5.73 Å². The molecule has 0 spiro atoms. The molecule has 0 aliphatic carbocycles. The minimum atomic E-state index is -0.0276. The predicted octanol–water partition coefficient (Wildman–Crippen LogP) is 1.46. The van der Waals surface area contributed by atoms with Crippen molar-refractivity contribution in [3.05, 3.63) is 23.8 Å². The van der Waals surface area contributed by atoms with Crippen LogP contribution in [0.15, 0.2) is 23.1 Å². The van der Waals surface area contributed by atoms with Crippen LogP contribution >= 0.6 is 11.8 Å². The van der Waals surface area contributed by atoms with E-state index in [1.165, 1.54) is 0 Å². The van der Waals surface area contributed by atoms with Gasteiger partial charge in [0, 0.05) is 30.2 Å². The Kier molecular flexibility index (Phi) is 3.59. The second-order valence-electron chi connectivity index (χ2n) is 4.23. The molecule has 0 radical (unpaired) electrons. The molecule has 1 aromatic carbocycles. The van der Waals surface area contributed by atoms with E-state index in [1.807, 2.05) is 12.1 Å². The smallest absolute Gasteiger partial charge is 0.253 e. The molecule has 5 heteroatoms. The molecule has 1 heterocycles. The van der Waals surface area contributed by atoms with Crippen LogP contribution in [0.1, 0.15) is 10.4 Å². The van der Waals surface area contributed by atoms with E-state index in [-0.39, 0.29) is 5.91 Å². The zero-order valence-electron chi connectivity index (χ0n) is 9.97. The van der Waals surface area contributed by atoms with Gasteiger partial charge in [0.05, 0.1) is 18.5 Å². The Morgan fingerprint density at radius 1 is 1.47 bits per heavy atom. The molecule has 1 aromatic rings. The third kappa shape index (κ3) is 2.73. The maximum Gasteiger partial charge on any atom is 0.253 e. The van der Waals surface area contributed by atoms with E-state index in [1.54, 1.807) is 36.8 Å². The van der Waals surface area contributed by atoms with Gasteiger partial charge in [0.2, 0.25) is 0 Å². The summed E-state index contributed by atoms with van der Waals surface area (Å²) in [5, 5.41) is 0.493. The third-order valence-corrected chi connectivity index (χ3v) is 3.80. The second kappa shape index (κ2) is 4.98. The van der Waals surface area contributed by atoms with Gasteiger partial charge in [0.1, 0.15) is 0 Å². The van der Waals surface area contributed by atoms with Crippen LogP contribution in [0.4, 0.5) is 5.69 Å². The van der Waals surface area contributed by atoms with Crippen molar-refractivity contribution in [2.24, 2.45) is 0 Å². The van der Waals surface area contributed by atoms with E-state index in [4.69, 9.17) is 10.5 Å². The predicted molar refractivity (Wildman–Crippen MR) is 69.3 cm³/mol. The van der Waals surface area contributed by atoms with Crippen LogP contribution in [0.25, 0.3) is 0 Å². The number of nitrogens with zero attached hydrogens (tertiary/aromatic N) is 1. The fourth-order valence-electron chi connectivity index (χ4n) is 1.51. The molecule has 2 N–H and O–H groups in total. The van der Waals surface area contributed by atoms with Crippen molar-refractivity contribution in [1.82, 2.24) is 4.90 Å². The van der Waals surface area contributed by atoms with Crippen molar-refractivity contribution >= 4 is 23.4 Å². The lowest BCUT2D eigenvalue weighted by Crippen LogP contribution is -2.30. The number of carbonyl (C=O) groups excluding carboxylic acids is 1. The largest absolute Gasteiger partial charge is 0.398 e. The van der Waals surface area contributed by atoms with Gasteiger partial charge < -0.3 is 15.4 Å². The topological polar surface area (TPSA) is 55.6 Å². The zero-order chi connectivity index (χ0) is 12.4. The van der Waals surface area contributed by atoms with Crippen molar-refractivity contribution in [3.8, 4) is 0 Å². The number of carbonyl (C=O) groups is 1. The molecular formula is C12H16N2O2S. The summed E-state index contributed by atoms with van der Waals surface area (Å²) in [6.07, 6.45) is 0. The number of hydrogen-bond acceptors (Lipinski definition) is 4. The molecule has 0 saturated carbocycles. The first-order chi connectivity index (χ1) is 8.08. The first kappa shape index (κ1) is 12.3.